The Balaban J connectivity index is 1.65. The number of carbonyl (C=O) groups is 2. The van der Waals surface area contributed by atoms with Crippen LogP contribution in [-0.2, 0) is 5.75 Å². The van der Waals surface area contributed by atoms with Gasteiger partial charge >= 0.3 is 0 Å². The van der Waals surface area contributed by atoms with E-state index in [1.165, 1.54) is 9.78 Å². The van der Waals surface area contributed by atoms with Gasteiger partial charge in [-0.1, -0.05) is 18.2 Å². The highest BCUT2D eigenvalue weighted by molar-refractivity contribution is 8.13. The number of hydrogen-bond acceptors (Lipinski definition) is 5. The molecule has 3 aromatic rings. The Morgan fingerprint density at radius 1 is 1.00 bits per heavy atom. The molecule has 3 rings (SSSR count). The summed E-state index contributed by atoms with van der Waals surface area (Å²) in [5.41, 5.74) is 1.36. The first-order valence-electron chi connectivity index (χ1n) is 8.57. The van der Waals surface area contributed by atoms with Gasteiger partial charge in [0.05, 0.1) is 5.56 Å². The fourth-order valence-electron chi connectivity index (χ4n) is 2.32. The van der Waals surface area contributed by atoms with Crippen LogP contribution in [0.25, 0.3) is 0 Å². The Bertz CT molecular complexity index is 939. The van der Waals surface area contributed by atoms with Gasteiger partial charge in [0.25, 0.3) is 11.1 Å². The highest BCUT2D eigenvalue weighted by Crippen LogP contribution is 2.29. The van der Waals surface area contributed by atoms with Crippen molar-refractivity contribution in [3.8, 4) is 0 Å². The lowest BCUT2D eigenvalue weighted by Crippen LogP contribution is -2.16. The van der Waals surface area contributed by atoms with Crippen LogP contribution < -0.4 is 5.32 Å². The Labute approximate surface area is 177 Å². The van der Waals surface area contributed by atoms with Crippen LogP contribution >= 0.6 is 34.9 Å². The van der Waals surface area contributed by atoms with Gasteiger partial charge in [0, 0.05) is 40.2 Å². The van der Waals surface area contributed by atoms with Gasteiger partial charge in [0.2, 0.25) is 0 Å². The van der Waals surface area contributed by atoms with Crippen molar-refractivity contribution in [3.63, 3.8) is 0 Å². The summed E-state index contributed by atoms with van der Waals surface area (Å²) in [7, 11) is 3.44. The molecule has 0 saturated carbocycles. The van der Waals surface area contributed by atoms with Gasteiger partial charge in [-0.2, -0.15) is 0 Å². The number of hydrogen-bond donors (Lipinski definition) is 1. The Hall–Kier alpha value is -2.22. The second kappa shape index (κ2) is 9.82. The number of thioether (sulfide) groups is 2. The molecule has 144 valence electrons. The van der Waals surface area contributed by atoms with Crippen molar-refractivity contribution in [1.29, 1.82) is 0 Å². The monoisotopic (exact) mass is 428 g/mol. The second-order valence-corrected chi connectivity index (χ2v) is 9.18. The zero-order valence-electron chi connectivity index (χ0n) is 15.5. The highest BCUT2D eigenvalue weighted by Gasteiger charge is 2.13. The summed E-state index contributed by atoms with van der Waals surface area (Å²) in [5.74, 6) is 0.701. The Morgan fingerprint density at radius 2 is 1.75 bits per heavy atom. The zero-order valence-corrected chi connectivity index (χ0v) is 18.0. The van der Waals surface area contributed by atoms with Crippen molar-refractivity contribution in [1.82, 2.24) is 4.90 Å². The van der Waals surface area contributed by atoms with E-state index in [1.807, 2.05) is 54.6 Å². The minimum atomic E-state index is -0.140. The molecule has 28 heavy (non-hydrogen) atoms. The largest absolute Gasteiger partial charge is 0.339 e. The lowest BCUT2D eigenvalue weighted by molar-refractivity contribution is 0.102. The third-order valence-electron chi connectivity index (χ3n) is 3.76. The molecular formula is C21H20N2O2S3. The summed E-state index contributed by atoms with van der Waals surface area (Å²) in [6.45, 7) is 0. The number of carbonyl (C=O) groups excluding carboxylic acids is 2. The molecule has 0 unspecified atom stereocenters. The van der Waals surface area contributed by atoms with E-state index < -0.39 is 0 Å². The molecule has 0 fully saturated rings. The molecule has 1 N–H and O–H groups in total. The second-order valence-electron chi connectivity index (χ2n) is 6.11. The van der Waals surface area contributed by atoms with E-state index in [0.717, 1.165) is 27.3 Å². The summed E-state index contributed by atoms with van der Waals surface area (Å²) in [6, 6.07) is 19.0. The lowest BCUT2D eigenvalue weighted by Gasteiger charge is -2.11. The summed E-state index contributed by atoms with van der Waals surface area (Å²) in [6.07, 6.45) is 0. The Kier molecular flexibility index (Phi) is 7.19. The van der Waals surface area contributed by atoms with Crippen LogP contribution in [0.5, 0.6) is 0 Å². The summed E-state index contributed by atoms with van der Waals surface area (Å²) < 4.78 is 0. The number of thiophene rings is 1. The van der Waals surface area contributed by atoms with Crippen molar-refractivity contribution in [2.45, 2.75) is 15.5 Å². The smallest absolute Gasteiger partial charge is 0.285 e. The standard InChI is InChI=1S/C21H20N2O2S3/c1-23(2)21(25)28-16-11-9-15(10-12-16)22-20(24)18-7-3-4-8-19(18)27-14-17-6-5-13-26-17/h3-13H,14H2,1-2H3,(H,22,24). The lowest BCUT2D eigenvalue weighted by atomic mass is 10.2. The van der Waals surface area contributed by atoms with E-state index in [9.17, 15) is 9.59 Å². The highest BCUT2D eigenvalue weighted by atomic mass is 32.2. The predicted molar refractivity (Wildman–Crippen MR) is 120 cm³/mol. The number of amides is 2. The van der Waals surface area contributed by atoms with E-state index in [0.29, 0.717) is 11.3 Å². The Morgan fingerprint density at radius 3 is 2.43 bits per heavy atom. The molecule has 0 radical (unpaired) electrons. The van der Waals surface area contributed by atoms with Gasteiger partial charge in [0.15, 0.2) is 0 Å². The first-order chi connectivity index (χ1) is 13.5. The maximum Gasteiger partial charge on any atom is 0.285 e. The first-order valence-corrected chi connectivity index (χ1v) is 11.3. The molecule has 1 heterocycles. The van der Waals surface area contributed by atoms with Gasteiger partial charge in [-0.05, 0) is 59.6 Å². The van der Waals surface area contributed by atoms with Crippen molar-refractivity contribution < 1.29 is 9.59 Å². The van der Waals surface area contributed by atoms with E-state index in [1.54, 1.807) is 37.2 Å². The topological polar surface area (TPSA) is 49.4 Å². The molecule has 0 spiro atoms. The number of benzene rings is 2. The third-order valence-corrected chi connectivity index (χ3v) is 6.99. The van der Waals surface area contributed by atoms with Crippen LogP contribution in [0.1, 0.15) is 15.2 Å². The van der Waals surface area contributed by atoms with Crippen LogP contribution in [0.4, 0.5) is 10.5 Å². The van der Waals surface area contributed by atoms with Gasteiger partial charge in [-0.15, -0.1) is 23.1 Å². The van der Waals surface area contributed by atoms with E-state index in [2.05, 4.69) is 16.8 Å². The quantitative estimate of drug-likeness (QED) is 0.484. The summed E-state index contributed by atoms with van der Waals surface area (Å²) in [5, 5.41) is 4.97. The van der Waals surface area contributed by atoms with E-state index in [-0.39, 0.29) is 11.1 Å². The van der Waals surface area contributed by atoms with Crippen LogP contribution in [0.3, 0.4) is 0 Å². The normalized spacial score (nSPS) is 10.5. The summed E-state index contributed by atoms with van der Waals surface area (Å²) in [4.78, 5) is 29.1. The first kappa shape index (κ1) is 20.5. The molecule has 0 saturated heterocycles. The van der Waals surface area contributed by atoms with Crippen molar-refractivity contribution in [2.75, 3.05) is 19.4 Å². The number of anilines is 1. The maximum atomic E-state index is 12.8. The number of nitrogens with one attached hydrogen (secondary N) is 1. The molecule has 0 aliphatic rings. The fourth-order valence-corrected chi connectivity index (χ4v) is 4.80. The van der Waals surface area contributed by atoms with Crippen LogP contribution in [0.2, 0.25) is 0 Å². The molecule has 0 aliphatic carbocycles. The zero-order chi connectivity index (χ0) is 19.9. The van der Waals surface area contributed by atoms with Gasteiger partial charge in [0.1, 0.15) is 0 Å². The molecule has 0 bridgehead atoms. The van der Waals surface area contributed by atoms with Crippen LogP contribution in [-0.4, -0.2) is 30.1 Å². The van der Waals surface area contributed by atoms with Crippen LogP contribution in [0.15, 0.2) is 75.8 Å². The van der Waals surface area contributed by atoms with Crippen molar-refractivity contribution in [2.24, 2.45) is 0 Å². The molecule has 1 aromatic heterocycles. The average Bonchev–Trinajstić information content (AvgIpc) is 3.21. The minimum Gasteiger partial charge on any atom is -0.339 e. The SMILES string of the molecule is CN(C)C(=O)Sc1ccc(NC(=O)c2ccccc2SCc2cccs2)cc1. The van der Waals surface area contributed by atoms with Gasteiger partial charge < -0.3 is 10.2 Å². The van der Waals surface area contributed by atoms with E-state index >= 15 is 0 Å². The molecule has 7 heteroatoms. The van der Waals surface area contributed by atoms with E-state index in [4.69, 9.17) is 0 Å². The summed E-state index contributed by atoms with van der Waals surface area (Å²) >= 11 is 4.53. The van der Waals surface area contributed by atoms with Crippen molar-refractivity contribution in [3.05, 3.63) is 76.5 Å². The maximum absolute atomic E-state index is 12.8. The molecular weight excluding hydrogens is 408 g/mol. The molecule has 2 amide bonds. The number of rotatable bonds is 6. The fraction of sp³-hybridized carbons (Fsp3) is 0.143. The number of nitrogens with zero attached hydrogens (tertiary/aromatic N) is 1. The minimum absolute atomic E-state index is 0.0338. The predicted octanol–water partition coefficient (Wildman–Crippen LogP) is 6.07. The molecule has 0 aliphatic heterocycles. The van der Waals surface area contributed by atoms with Gasteiger partial charge in [-0.25, -0.2) is 0 Å². The third kappa shape index (κ3) is 5.64. The average molecular weight is 429 g/mol. The molecule has 2 aromatic carbocycles. The molecule has 0 atom stereocenters. The van der Waals surface area contributed by atoms with Crippen LogP contribution in [0, 0.1) is 0 Å². The van der Waals surface area contributed by atoms with Gasteiger partial charge in [-0.3, -0.25) is 9.59 Å². The molecule has 4 nitrogen and oxygen atoms in total. The van der Waals surface area contributed by atoms with Crippen molar-refractivity contribution >= 4 is 51.7 Å².